The molecule has 0 fully saturated rings. The maximum atomic E-state index is 11.6. The molecular formula is C10H11Br2NO. The first-order valence-corrected chi connectivity index (χ1v) is 6.17. The van der Waals surface area contributed by atoms with Crippen LogP contribution in [0.15, 0.2) is 22.7 Å². The first kappa shape index (κ1) is 11.7. The predicted molar refractivity (Wildman–Crippen MR) is 65.0 cm³/mol. The van der Waals surface area contributed by atoms with Gasteiger partial charge >= 0.3 is 0 Å². The Morgan fingerprint density at radius 2 is 2.21 bits per heavy atom. The SMILES string of the molecule is Cc1cc(Br)ccc1C(=O)NCCBr. The Morgan fingerprint density at radius 3 is 2.79 bits per heavy atom. The fourth-order valence-electron chi connectivity index (χ4n) is 1.14. The number of carbonyl (C=O) groups excluding carboxylic acids is 1. The van der Waals surface area contributed by atoms with Gasteiger partial charge in [0.2, 0.25) is 0 Å². The molecule has 1 rings (SSSR count). The minimum Gasteiger partial charge on any atom is -0.351 e. The van der Waals surface area contributed by atoms with E-state index in [-0.39, 0.29) is 5.91 Å². The van der Waals surface area contributed by atoms with Gasteiger partial charge in [-0.1, -0.05) is 31.9 Å². The summed E-state index contributed by atoms with van der Waals surface area (Å²) >= 11 is 6.62. The second kappa shape index (κ2) is 5.51. The number of hydrogen-bond acceptors (Lipinski definition) is 1. The predicted octanol–water partition coefficient (Wildman–Crippen LogP) is 2.88. The van der Waals surface area contributed by atoms with Gasteiger partial charge in [0.05, 0.1) is 0 Å². The van der Waals surface area contributed by atoms with Gasteiger partial charge in [0, 0.05) is 21.9 Å². The monoisotopic (exact) mass is 319 g/mol. The van der Waals surface area contributed by atoms with Crippen molar-refractivity contribution < 1.29 is 4.79 Å². The lowest BCUT2D eigenvalue weighted by Gasteiger charge is -2.06. The third-order valence-electron chi connectivity index (χ3n) is 1.81. The summed E-state index contributed by atoms with van der Waals surface area (Å²) in [6, 6.07) is 5.63. The molecular weight excluding hydrogens is 310 g/mol. The molecule has 0 saturated heterocycles. The van der Waals surface area contributed by atoms with Crippen molar-refractivity contribution in [2.45, 2.75) is 6.92 Å². The van der Waals surface area contributed by atoms with Crippen LogP contribution in [0.5, 0.6) is 0 Å². The maximum absolute atomic E-state index is 11.6. The Hall–Kier alpha value is -0.350. The summed E-state index contributed by atoms with van der Waals surface area (Å²) in [5.41, 5.74) is 1.71. The summed E-state index contributed by atoms with van der Waals surface area (Å²) in [4.78, 5) is 11.6. The lowest BCUT2D eigenvalue weighted by molar-refractivity contribution is 0.0955. The van der Waals surface area contributed by atoms with Gasteiger partial charge in [-0.2, -0.15) is 0 Å². The Labute approximate surface area is 100 Å². The van der Waals surface area contributed by atoms with E-state index in [1.807, 2.05) is 25.1 Å². The van der Waals surface area contributed by atoms with Gasteiger partial charge < -0.3 is 5.32 Å². The van der Waals surface area contributed by atoms with Crippen molar-refractivity contribution in [2.75, 3.05) is 11.9 Å². The summed E-state index contributed by atoms with van der Waals surface area (Å²) in [5.74, 6) is -0.0190. The van der Waals surface area contributed by atoms with Gasteiger partial charge in [-0.05, 0) is 30.7 Å². The van der Waals surface area contributed by atoms with Crippen molar-refractivity contribution in [1.29, 1.82) is 0 Å². The smallest absolute Gasteiger partial charge is 0.251 e. The first-order chi connectivity index (χ1) is 6.65. The van der Waals surface area contributed by atoms with Crippen molar-refractivity contribution in [3.63, 3.8) is 0 Å². The van der Waals surface area contributed by atoms with E-state index in [0.717, 1.165) is 20.9 Å². The van der Waals surface area contributed by atoms with Gasteiger partial charge in [-0.15, -0.1) is 0 Å². The number of amides is 1. The molecule has 1 amide bonds. The van der Waals surface area contributed by atoms with Crippen LogP contribution in [0.4, 0.5) is 0 Å². The summed E-state index contributed by atoms with van der Waals surface area (Å²) in [7, 11) is 0. The van der Waals surface area contributed by atoms with E-state index < -0.39 is 0 Å². The molecule has 1 aromatic rings. The average molecular weight is 321 g/mol. The van der Waals surface area contributed by atoms with Crippen LogP contribution in [-0.2, 0) is 0 Å². The molecule has 1 aromatic carbocycles. The first-order valence-electron chi connectivity index (χ1n) is 4.25. The molecule has 0 spiro atoms. The molecule has 76 valence electrons. The molecule has 0 saturated carbocycles. The van der Waals surface area contributed by atoms with Gasteiger partial charge in [-0.25, -0.2) is 0 Å². The number of nitrogens with one attached hydrogen (secondary N) is 1. The molecule has 0 heterocycles. The lowest BCUT2D eigenvalue weighted by atomic mass is 10.1. The second-order valence-corrected chi connectivity index (χ2v) is 4.61. The number of hydrogen-bond donors (Lipinski definition) is 1. The molecule has 0 bridgehead atoms. The highest BCUT2D eigenvalue weighted by Crippen LogP contribution is 2.15. The van der Waals surface area contributed by atoms with E-state index in [0.29, 0.717) is 6.54 Å². The van der Waals surface area contributed by atoms with Gasteiger partial charge in [0.15, 0.2) is 0 Å². The number of rotatable bonds is 3. The van der Waals surface area contributed by atoms with Gasteiger partial charge in [0.25, 0.3) is 5.91 Å². The Morgan fingerprint density at radius 1 is 1.50 bits per heavy atom. The van der Waals surface area contributed by atoms with Crippen molar-refractivity contribution in [3.05, 3.63) is 33.8 Å². The van der Waals surface area contributed by atoms with Crippen LogP contribution < -0.4 is 5.32 Å². The van der Waals surface area contributed by atoms with Crippen LogP contribution in [0.25, 0.3) is 0 Å². The highest BCUT2D eigenvalue weighted by atomic mass is 79.9. The Kier molecular flexibility index (Phi) is 4.62. The number of aryl methyl sites for hydroxylation is 1. The molecule has 2 nitrogen and oxygen atoms in total. The van der Waals surface area contributed by atoms with Crippen LogP contribution in [0, 0.1) is 6.92 Å². The molecule has 0 atom stereocenters. The van der Waals surface area contributed by atoms with E-state index in [1.54, 1.807) is 0 Å². The largest absolute Gasteiger partial charge is 0.351 e. The Balaban J connectivity index is 2.80. The van der Waals surface area contributed by atoms with Gasteiger partial charge in [-0.3, -0.25) is 4.79 Å². The average Bonchev–Trinajstić information content (AvgIpc) is 2.14. The zero-order valence-electron chi connectivity index (χ0n) is 7.81. The standard InChI is InChI=1S/C10H11Br2NO/c1-7-6-8(12)2-3-9(7)10(14)13-5-4-11/h2-3,6H,4-5H2,1H3,(H,13,14). The van der Waals surface area contributed by atoms with E-state index >= 15 is 0 Å². The number of alkyl halides is 1. The molecule has 0 aliphatic carbocycles. The van der Waals surface area contributed by atoms with Crippen LogP contribution in [0.1, 0.15) is 15.9 Å². The Bertz CT molecular complexity index is 339. The number of benzene rings is 1. The third-order valence-corrected chi connectivity index (χ3v) is 2.70. The molecule has 0 aliphatic rings. The minimum atomic E-state index is -0.0190. The van der Waals surface area contributed by atoms with Crippen LogP contribution in [0.2, 0.25) is 0 Å². The molecule has 14 heavy (non-hydrogen) atoms. The third kappa shape index (κ3) is 3.10. The van der Waals surface area contributed by atoms with Crippen LogP contribution >= 0.6 is 31.9 Å². The topological polar surface area (TPSA) is 29.1 Å². The highest BCUT2D eigenvalue weighted by molar-refractivity contribution is 9.10. The highest BCUT2D eigenvalue weighted by Gasteiger charge is 2.07. The van der Waals surface area contributed by atoms with Crippen molar-refractivity contribution in [1.82, 2.24) is 5.32 Å². The van der Waals surface area contributed by atoms with Crippen molar-refractivity contribution in [3.8, 4) is 0 Å². The molecule has 0 radical (unpaired) electrons. The van der Waals surface area contributed by atoms with E-state index in [4.69, 9.17) is 0 Å². The normalized spacial score (nSPS) is 9.93. The molecule has 0 unspecified atom stereocenters. The minimum absolute atomic E-state index is 0.0190. The summed E-state index contributed by atoms with van der Waals surface area (Å²) in [6.07, 6.45) is 0. The molecule has 0 aliphatic heterocycles. The summed E-state index contributed by atoms with van der Waals surface area (Å²) < 4.78 is 0.993. The van der Waals surface area contributed by atoms with Crippen LogP contribution in [-0.4, -0.2) is 17.8 Å². The molecule has 0 aromatic heterocycles. The molecule has 1 N–H and O–H groups in total. The van der Waals surface area contributed by atoms with Crippen molar-refractivity contribution >= 4 is 37.8 Å². The fourth-order valence-corrected chi connectivity index (χ4v) is 1.81. The summed E-state index contributed by atoms with van der Waals surface area (Å²) in [6.45, 7) is 2.57. The van der Waals surface area contributed by atoms with Crippen LogP contribution in [0.3, 0.4) is 0 Å². The van der Waals surface area contributed by atoms with Crippen molar-refractivity contribution in [2.24, 2.45) is 0 Å². The zero-order chi connectivity index (χ0) is 10.6. The molecule has 4 heteroatoms. The fraction of sp³-hybridized carbons (Fsp3) is 0.300. The van der Waals surface area contributed by atoms with E-state index in [9.17, 15) is 4.79 Å². The number of carbonyl (C=O) groups is 1. The second-order valence-electron chi connectivity index (χ2n) is 2.90. The lowest BCUT2D eigenvalue weighted by Crippen LogP contribution is -2.25. The van der Waals surface area contributed by atoms with E-state index in [1.165, 1.54) is 0 Å². The van der Waals surface area contributed by atoms with E-state index in [2.05, 4.69) is 37.2 Å². The quantitative estimate of drug-likeness (QED) is 0.852. The number of halogens is 2. The maximum Gasteiger partial charge on any atom is 0.251 e. The van der Waals surface area contributed by atoms with Gasteiger partial charge in [0.1, 0.15) is 0 Å². The zero-order valence-corrected chi connectivity index (χ0v) is 11.0. The summed E-state index contributed by atoms with van der Waals surface area (Å²) in [5, 5.41) is 3.58.